The van der Waals surface area contributed by atoms with Crippen molar-refractivity contribution >= 4 is 80.4 Å². The lowest BCUT2D eigenvalue weighted by Gasteiger charge is -2.49. The van der Waals surface area contributed by atoms with E-state index in [-0.39, 0.29) is 23.5 Å². The molecule has 4 aromatic heterocycles. The van der Waals surface area contributed by atoms with E-state index in [1.54, 1.807) is 29.1 Å². The molecular formula is C50H56Cl4N14. The number of fused-ring (bicyclic) bond motifs is 2. The summed E-state index contributed by atoms with van der Waals surface area (Å²) in [6, 6.07) is 15.0. The molecule has 18 heteroatoms. The van der Waals surface area contributed by atoms with E-state index < -0.39 is 0 Å². The summed E-state index contributed by atoms with van der Waals surface area (Å²) in [7, 11) is 0. The summed E-state index contributed by atoms with van der Waals surface area (Å²) in [6.45, 7) is 16.6. The molecule has 8 heterocycles. The Morgan fingerprint density at radius 2 is 1.21 bits per heavy atom. The van der Waals surface area contributed by atoms with Crippen LogP contribution in [-0.4, -0.2) is 115 Å². The maximum absolute atomic E-state index is 10.4. The predicted octanol–water partition coefficient (Wildman–Crippen LogP) is 9.95. The smallest absolute Gasteiger partial charge is 0.190 e. The van der Waals surface area contributed by atoms with Gasteiger partial charge in [-0.3, -0.25) is 0 Å². The first kappa shape index (κ1) is 46.9. The molecule has 14 nitrogen and oxygen atoms in total. The van der Waals surface area contributed by atoms with Gasteiger partial charge in [0.15, 0.2) is 22.7 Å². The molecule has 354 valence electrons. The quantitative estimate of drug-likeness (QED) is 0.102. The Morgan fingerprint density at radius 1 is 0.662 bits per heavy atom. The molecule has 4 saturated heterocycles. The lowest BCUT2D eigenvalue weighted by atomic mass is 9.75. The summed E-state index contributed by atoms with van der Waals surface area (Å²) in [5.74, 6) is 4.08. The molecule has 2 aromatic carbocycles. The molecule has 0 radical (unpaired) electrons. The molecule has 4 fully saturated rings. The molecule has 0 bridgehead atoms. The van der Waals surface area contributed by atoms with Gasteiger partial charge in [-0.2, -0.15) is 20.7 Å². The highest BCUT2D eigenvalue weighted by atomic mass is 35.5. The third-order valence-corrected chi connectivity index (χ3v) is 16.1. The number of piperidine rings is 2. The second kappa shape index (κ2) is 19.9. The fourth-order valence-electron chi connectivity index (χ4n) is 11.5. The van der Waals surface area contributed by atoms with Gasteiger partial charge in [0, 0.05) is 65.9 Å². The van der Waals surface area contributed by atoms with Crippen LogP contribution in [0.2, 0.25) is 20.1 Å². The first-order valence-corrected chi connectivity index (χ1v) is 25.7. The topological polar surface area (TPSA) is 148 Å². The average molecular weight is 995 g/mol. The largest absolute Gasteiger partial charge is 0.355 e. The molecule has 6 aromatic rings. The summed E-state index contributed by atoms with van der Waals surface area (Å²) in [5, 5.41) is 32.1. The van der Waals surface area contributed by atoms with Gasteiger partial charge in [0.2, 0.25) is 0 Å². The normalized spacial score (nSPS) is 21.7. The van der Waals surface area contributed by atoms with E-state index in [0.717, 1.165) is 87.8 Å². The standard InChI is InChI=1S/C50H56Cl4N14/c1-4-12-63-14-6-7-32(24-63)34-26-65(27-34)46-22-58-48-43(20-56)62-68(50(48)60-46)44(39-11-9-37(52)18-41(39)54)16-31-15-33(25-64(23-31)13-5-2)35-28-66(29-35)45-21-57-47-42(19-55)61-67(49(47)59-45)30(3)38-10-8-36(51)17-40(38)53/h8-11,17-18,21-22,30-35,44H,4-7,12-16,23-29H2,1-3H3/t30-,31?,32-,33+,44-/m1/s1. The van der Waals surface area contributed by atoms with E-state index in [0.29, 0.717) is 72.0 Å². The molecule has 0 spiro atoms. The minimum absolute atomic E-state index is 0.220. The van der Waals surface area contributed by atoms with E-state index in [4.69, 9.17) is 71.4 Å². The molecule has 5 atom stereocenters. The third-order valence-electron chi connectivity index (χ3n) is 15.0. The lowest BCUT2D eigenvalue weighted by molar-refractivity contribution is 0.0722. The van der Waals surface area contributed by atoms with Crippen molar-refractivity contribution in [3.05, 3.63) is 91.4 Å². The van der Waals surface area contributed by atoms with Crippen LogP contribution in [0.4, 0.5) is 11.6 Å². The van der Waals surface area contributed by atoms with Gasteiger partial charge in [-0.05, 0) is 130 Å². The van der Waals surface area contributed by atoms with Crippen LogP contribution in [0.1, 0.15) is 93.9 Å². The maximum atomic E-state index is 10.4. The van der Waals surface area contributed by atoms with Crippen molar-refractivity contribution in [3.8, 4) is 12.1 Å². The van der Waals surface area contributed by atoms with Crippen LogP contribution < -0.4 is 9.80 Å². The second-order valence-corrected chi connectivity index (χ2v) is 21.2. The van der Waals surface area contributed by atoms with E-state index >= 15 is 0 Å². The molecule has 0 aliphatic carbocycles. The molecule has 0 N–H and O–H groups in total. The van der Waals surface area contributed by atoms with E-state index in [9.17, 15) is 10.5 Å². The number of hydrogen-bond donors (Lipinski definition) is 0. The number of aromatic nitrogens is 8. The summed E-state index contributed by atoms with van der Waals surface area (Å²) >= 11 is 26.4. The van der Waals surface area contributed by atoms with Crippen molar-refractivity contribution in [2.75, 3.05) is 75.2 Å². The zero-order valence-corrected chi connectivity index (χ0v) is 41.8. The van der Waals surface area contributed by atoms with Gasteiger partial charge in [-0.25, -0.2) is 29.3 Å². The number of likely N-dealkylation sites (tertiary alicyclic amines) is 2. The molecule has 0 saturated carbocycles. The van der Waals surface area contributed by atoms with Crippen molar-refractivity contribution in [2.24, 2.45) is 29.6 Å². The van der Waals surface area contributed by atoms with Gasteiger partial charge < -0.3 is 19.6 Å². The van der Waals surface area contributed by atoms with Gasteiger partial charge in [-0.15, -0.1) is 0 Å². The van der Waals surface area contributed by atoms with Crippen LogP contribution in [0.5, 0.6) is 0 Å². The Morgan fingerprint density at radius 3 is 1.79 bits per heavy atom. The average Bonchev–Trinajstić information content (AvgIpc) is 3.85. The molecular weight excluding hydrogens is 938 g/mol. The zero-order valence-electron chi connectivity index (χ0n) is 38.7. The Bertz CT molecular complexity index is 2890. The summed E-state index contributed by atoms with van der Waals surface area (Å²) in [5.41, 5.74) is 4.30. The number of halogens is 4. The van der Waals surface area contributed by atoms with Crippen molar-refractivity contribution in [1.82, 2.24) is 49.3 Å². The van der Waals surface area contributed by atoms with Crippen LogP contribution in [0.25, 0.3) is 22.3 Å². The van der Waals surface area contributed by atoms with Crippen molar-refractivity contribution in [2.45, 2.75) is 71.4 Å². The molecule has 10 rings (SSSR count). The van der Waals surface area contributed by atoms with Crippen molar-refractivity contribution < 1.29 is 0 Å². The van der Waals surface area contributed by atoms with Gasteiger partial charge >= 0.3 is 0 Å². The summed E-state index contributed by atoms with van der Waals surface area (Å²) in [4.78, 5) is 29.8. The van der Waals surface area contributed by atoms with Crippen LogP contribution in [0, 0.1) is 52.3 Å². The molecule has 0 amide bonds. The zero-order chi connectivity index (χ0) is 47.2. The number of nitrogens with zero attached hydrogens (tertiary/aromatic N) is 14. The van der Waals surface area contributed by atoms with E-state index in [2.05, 4.69) is 50.7 Å². The Balaban J connectivity index is 0.896. The fraction of sp³-hybridized carbons (Fsp3) is 0.520. The first-order chi connectivity index (χ1) is 33.0. The van der Waals surface area contributed by atoms with Gasteiger partial charge in [0.25, 0.3) is 0 Å². The van der Waals surface area contributed by atoms with Gasteiger partial charge in [0.05, 0.1) is 24.5 Å². The van der Waals surface area contributed by atoms with Crippen LogP contribution >= 0.6 is 46.4 Å². The molecule has 1 unspecified atom stereocenters. The molecule has 68 heavy (non-hydrogen) atoms. The van der Waals surface area contributed by atoms with Crippen LogP contribution in [0.3, 0.4) is 0 Å². The fourth-order valence-corrected chi connectivity index (χ4v) is 12.6. The SMILES string of the molecule is CCCN1CCC[C@@H](C2CN(c3cnc4c(C#N)nn([C@H](CC5C[C@H](C6CN(c7cnc8c(C#N)nn([C@H](C)c9ccc(Cl)cc9Cl)c8n7)C6)CN(CCC)C5)c5ccc(Cl)cc5Cl)c4n3)C2)C1. The summed E-state index contributed by atoms with van der Waals surface area (Å²) < 4.78 is 3.67. The van der Waals surface area contributed by atoms with Crippen molar-refractivity contribution in [1.29, 1.82) is 10.5 Å². The Hall–Kier alpha value is -4.80. The predicted molar refractivity (Wildman–Crippen MR) is 269 cm³/mol. The van der Waals surface area contributed by atoms with E-state index in [1.807, 2.05) is 36.0 Å². The highest BCUT2D eigenvalue weighted by Gasteiger charge is 2.41. The number of rotatable bonds is 14. The van der Waals surface area contributed by atoms with Crippen LogP contribution in [0.15, 0.2) is 48.8 Å². The minimum Gasteiger partial charge on any atom is -0.355 e. The second-order valence-electron chi connectivity index (χ2n) is 19.5. The number of anilines is 2. The van der Waals surface area contributed by atoms with Crippen molar-refractivity contribution in [3.63, 3.8) is 0 Å². The highest BCUT2D eigenvalue weighted by molar-refractivity contribution is 6.35. The first-order valence-electron chi connectivity index (χ1n) is 24.2. The molecule has 4 aliphatic heterocycles. The maximum Gasteiger partial charge on any atom is 0.190 e. The third kappa shape index (κ3) is 9.21. The highest BCUT2D eigenvalue weighted by Crippen LogP contribution is 2.42. The minimum atomic E-state index is -0.315. The number of nitriles is 2. The number of benzene rings is 2. The van der Waals surface area contributed by atoms with Gasteiger partial charge in [-0.1, -0.05) is 72.4 Å². The van der Waals surface area contributed by atoms with Gasteiger partial charge in [0.1, 0.15) is 34.8 Å². The van der Waals surface area contributed by atoms with E-state index in [1.165, 1.54) is 38.9 Å². The Labute approximate surface area is 417 Å². The Kier molecular flexibility index (Phi) is 13.7. The summed E-state index contributed by atoms with van der Waals surface area (Å²) in [6.07, 6.45) is 10.1. The molecule has 4 aliphatic rings. The number of hydrogen-bond acceptors (Lipinski definition) is 12. The monoisotopic (exact) mass is 992 g/mol. The lowest BCUT2D eigenvalue weighted by Crippen LogP contribution is -2.55. The van der Waals surface area contributed by atoms with Crippen LogP contribution in [-0.2, 0) is 0 Å².